The number of hydrogen-bond acceptors (Lipinski definition) is 3. The van der Waals surface area contributed by atoms with E-state index in [1.165, 1.54) is 0 Å². The molecule has 0 atom stereocenters. The lowest BCUT2D eigenvalue weighted by molar-refractivity contribution is 0.0827. The molecule has 108 valence electrons. The molecule has 0 saturated heterocycles. The Balaban J connectivity index is 2.09. The maximum absolute atomic E-state index is 12.1. The SMILES string of the molecule is CN(C)C(=O)c1cccc(-c2cnc3[nH]cc(C#N)c3c2)c1. The monoisotopic (exact) mass is 290 g/mol. The van der Waals surface area contributed by atoms with Crippen molar-refractivity contribution >= 4 is 16.9 Å². The van der Waals surface area contributed by atoms with Crippen LogP contribution in [0.5, 0.6) is 0 Å². The van der Waals surface area contributed by atoms with E-state index in [1.54, 1.807) is 37.5 Å². The minimum Gasteiger partial charge on any atom is -0.345 e. The van der Waals surface area contributed by atoms with Crippen LogP contribution in [0.1, 0.15) is 15.9 Å². The van der Waals surface area contributed by atoms with Gasteiger partial charge in [-0.25, -0.2) is 4.98 Å². The molecule has 0 aliphatic rings. The molecule has 2 aromatic heterocycles. The Morgan fingerprint density at radius 1 is 1.27 bits per heavy atom. The standard InChI is InChI=1S/C17H14N4O/c1-21(2)17(22)12-5-3-4-11(6-12)13-7-15-14(8-18)10-20-16(15)19-9-13/h3-7,9-10H,1-2H3,(H,19,20). The van der Waals surface area contributed by atoms with Crippen molar-refractivity contribution in [3.63, 3.8) is 0 Å². The maximum Gasteiger partial charge on any atom is 0.253 e. The number of aromatic amines is 1. The van der Waals surface area contributed by atoms with Gasteiger partial charge in [-0.05, 0) is 23.8 Å². The van der Waals surface area contributed by atoms with Gasteiger partial charge in [0.25, 0.3) is 5.91 Å². The zero-order valence-electron chi connectivity index (χ0n) is 12.3. The minimum absolute atomic E-state index is 0.0461. The highest BCUT2D eigenvalue weighted by Crippen LogP contribution is 2.25. The summed E-state index contributed by atoms with van der Waals surface area (Å²) in [5.41, 5.74) is 3.63. The van der Waals surface area contributed by atoms with Crippen molar-refractivity contribution < 1.29 is 4.79 Å². The first-order valence-electron chi connectivity index (χ1n) is 6.79. The third-order valence-electron chi connectivity index (χ3n) is 3.50. The largest absolute Gasteiger partial charge is 0.345 e. The number of nitriles is 1. The minimum atomic E-state index is -0.0461. The third kappa shape index (κ3) is 2.31. The van der Waals surface area contributed by atoms with Gasteiger partial charge in [0.15, 0.2) is 0 Å². The smallest absolute Gasteiger partial charge is 0.253 e. The lowest BCUT2D eigenvalue weighted by atomic mass is 10.0. The average molecular weight is 290 g/mol. The summed E-state index contributed by atoms with van der Waals surface area (Å²) in [6.45, 7) is 0. The molecule has 0 aliphatic heterocycles. The van der Waals surface area contributed by atoms with Gasteiger partial charge in [0.2, 0.25) is 0 Å². The van der Waals surface area contributed by atoms with Crippen molar-refractivity contribution in [1.29, 1.82) is 5.26 Å². The zero-order valence-corrected chi connectivity index (χ0v) is 12.3. The van der Waals surface area contributed by atoms with Gasteiger partial charge in [-0.1, -0.05) is 12.1 Å². The number of hydrogen-bond donors (Lipinski definition) is 1. The van der Waals surface area contributed by atoms with E-state index < -0.39 is 0 Å². The molecule has 0 saturated carbocycles. The van der Waals surface area contributed by atoms with Gasteiger partial charge >= 0.3 is 0 Å². The molecule has 0 bridgehead atoms. The summed E-state index contributed by atoms with van der Waals surface area (Å²) < 4.78 is 0. The Labute approximate surface area is 127 Å². The molecular formula is C17H14N4O. The first kappa shape index (κ1) is 13.8. The number of rotatable bonds is 2. The van der Waals surface area contributed by atoms with Crippen molar-refractivity contribution in [3.05, 3.63) is 53.9 Å². The van der Waals surface area contributed by atoms with E-state index in [0.29, 0.717) is 16.8 Å². The first-order chi connectivity index (χ1) is 10.6. The molecular weight excluding hydrogens is 276 g/mol. The average Bonchev–Trinajstić information content (AvgIpc) is 2.96. The topological polar surface area (TPSA) is 72.8 Å². The molecule has 3 aromatic rings. The fourth-order valence-corrected chi connectivity index (χ4v) is 2.34. The number of aromatic nitrogens is 2. The summed E-state index contributed by atoms with van der Waals surface area (Å²) in [5.74, 6) is -0.0461. The lowest BCUT2D eigenvalue weighted by Gasteiger charge is -2.11. The fourth-order valence-electron chi connectivity index (χ4n) is 2.34. The molecule has 22 heavy (non-hydrogen) atoms. The van der Waals surface area contributed by atoms with E-state index in [-0.39, 0.29) is 5.91 Å². The normalized spacial score (nSPS) is 10.4. The molecule has 5 nitrogen and oxygen atoms in total. The Kier molecular flexibility index (Phi) is 3.36. The quantitative estimate of drug-likeness (QED) is 0.788. The number of fused-ring (bicyclic) bond motifs is 1. The summed E-state index contributed by atoms with van der Waals surface area (Å²) in [5, 5.41) is 9.90. The second-order valence-corrected chi connectivity index (χ2v) is 5.21. The lowest BCUT2D eigenvalue weighted by Crippen LogP contribution is -2.21. The Morgan fingerprint density at radius 2 is 2.09 bits per heavy atom. The number of amides is 1. The predicted octanol–water partition coefficient (Wildman–Crippen LogP) is 2.80. The van der Waals surface area contributed by atoms with E-state index in [2.05, 4.69) is 16.0 Å². The van der Waals surface area contributed by atoms with E-state index in [1.807, 2.05) is 24.3 Å². The predicted molar refractivity (Wildman–Crippen MR) is 84.3 cm³/mol. The summed E-state index contributed by atoms with van der Waals surface area (Å²) in [6, 6.07) is 11.4. The molecule has 0 unspecified atom stereocenters. The number of H-pyrrole nitrogens is 1. The summed E-state index contributed by atoms with van der Waals surface area (Å²) in [4.78, 5) is 20.9. The Morgan fingerprint density at radius 3 is 2.82 bits per heavy atom. The molecule has 0 fully saturated rings. The van der Waals surface area contributed by atoms with Gasteiger partial charge in [0, 0.05) is 43.0 Å². The summed E-state index contributed by atoms with van der Waals surface area (Å²) in [7, 11) is 3.45. The van der Waals surface area contributed by atoms with Crippen LogP contribution >= 0.6 is 0 Å². The van der Waals surface area contributed by atoms with Crippen molar-refractivity contribution in [3.8, 4) is 17.2 Å². The number of carbonyl (C=O) groups excluding carboxylic acids is 1. The van der Waals surface area contributed by atoms with Crippen molar-refractivity contribution in [2.45, 2.75) is 0 Å². The fraction of sp³-hybridized carbons (Fsp3) is 0.118. The van der Waals surface area contributed by atoms with Gasteiger partial charge in [-0.3, -0.25) is 4.79 Å². The molecule has 0 aliphatic carbocycles. The highest BCUT2D eigenvalue weighted by atomic mass is 16.2. The molecule has 0 radical (unpaired) electrons. The van der Waals surface area contributed by atoms with Crippen LogP contribution in [0.25, 0.3) is 22.2 Å². The number of nitrogens with one attached hydrogen (secondary N) is 1. The van der Waals surface area contributed by atoms with Gasteiger partial charge in [-0.15, -0.1) is 0 Å². The molecule has 0 spiro atoms. The number of carbonyl (C=O) groups is 1. The number of nitrogens with zero attached hydrogens (tertiary/aromatic N) is 3. The number of pyridine rings is 1. The van der Waals surface area contributed by atoms with Gasteiger partial charge in [0.1, 0.15) is 11.7 Å². The Hall–Kier alpha value is -3.13. The maximum atomic E-state index is 12.1. The number of benzene rings is 1. The van der Waals surface area contributed by atoms with Crippen LogP contribution in [0, 0.1) is 11.3 Å². The van der Waals surface area contributed by atoms with E-state index >= 15 is 0 Å². The first-order valence-corrected chi connectivity index (χ1v) is 6.79. The van der Waals surface area contributed by atoms with Crippen molar-refractivity contribution in [2.75, 3.05) is 14.1 Å². The summed E-state index contributed by atoms with van der Waals surface area (Å²) >= 11 is 0. The molecule has 1 amide bonds. The van der Waals surface area contributed by atoms with E-state index in [4.69, 9.17) is 5.26 Å². The van der Waals surface area contributed by atoms with Gasteiger partial charge < -0.3 is 9.88 Å². The second-order valence-electron chi connectivity index (χ2n) is 5.21. The third-order valence-corrected chi connectivity index (χ3v) is 3.50. The second kappa shape index (κ2) is 5.34. The van der Waals surface area contributed by atoms with Crippen molar-refractivity contribution in [1.82, 2.24) is 14.9 Å². The van der Waals surface area contributed by atoms with Crippen LogP contribution in [0.2, 0.25) is 0 Å². The molecule has 2 heterocycles. The highest BCUT2D eigenvalue weighted by molar-refractivity contribution is 5.95. The zero-order chi connectivity index (χ0) is 15.7. The van der Waals surface area contributed by atoms with E-state index in [9.17, 15) is 4.79 Å². The molecule has 1 N–H and O–H groups in total. The summed E-state index contributed by atoms with van der Waals surface area (Å²) in [6.07, 6.45) is 3.38. The molecule has 3 rings (SSSR count). The van der Waals surface area contributed by atoms with Crippen molar-refractivity contribution in [2.24, 2.45) is 0 Å². The van der Waals surface area contributed by atoms with Crippen LogP contribution in [0.3, 0.4) is 0 Å². The van der Waals surface area contributed by atoms with Crippen LogP contribution < -0.4 is 0 Å². The molecule has 1 aromatic carbocycles. The van der Waals surface area contributed by atoms with Crippen LogP contribution in [0.4, 0.5) is 0 Å². The highest BCUT2D eigenvalue weighted by Gasteiger charge is 2.10. The van der Waals surface area contributed by atoms with Crippen LogP contribution in [-0.2, 0) is 0 Å². The van der Waals surface area contributed by atoms with Crippen LogP contribution in [0.15, 0.2) is 42.7 Å². The van der Waals surface area contributed by atoms with Crippen LogP contribution in [-0.4, -0.2) is 34.9 Å². The van der Waals surface area contributed by atoms with Gasteiger partial charge in [0.05, 0.1) is 5.56 Å². The molecule has 5 heteroatoms. The van der Waals surface area contributed by atoms with E-state index in [0.717, 1.165) is 16.5 Å². The Bertz CT molecular complexity index is 902. The van der Waals surface area contributed by atoms with Gasteiger partial charge in [-0.2, -0.15) is 5.26 Å².